The van der Waals surface area contributed by atoms with Crippen molar-refractivity contribution in [3.8, 4) is 0 Å². The van der Waals surface area contributed by atoms with Crippen LogP contribution in [0, 0.1) is 0 Å². The van der Waals surface area contributed by atoms with Gasteiger partial charge in [0.05, 0.1) is 0 Å². The third-order valence-electron chi connectivity index (χ3n) is 2.15. The van der Waals surface area contributed by atoms with E-state index in [9.17, 15) is 43.9 Å². The second kappa shape index (κ2) is 5.47. The molecular weight excluding hydrogens is 405 g/mol. The van der Waals surface area contributed by atoms with Crippen LogP contribution in [0.5, 0.6) is 0 Å². The minimum atomic E-state index is -5.59. The Morgan fingerprint density at radius 3 is 1.00 bits per heavy atom. The second-order valence-corrected chi connectivity index (χ2v) is 8.05. The van der Waals surface area contributed by atoms with Crippen molar-refractivity contribution in [2.24, 2.45) is 0 Å². The molecule has 0 rings (SSSR count). The molecule has 0 aromatic carbocycles. The van der Waals surface area contributed by atoms with Crippen molar-refractivity contribution in [2.75, 3.05) is 0 Å². The molecule has 0 aliphatic heterocycles. The van der Waals surface area contributed by atoms with Crippen molar-refractivity contribution in [1.82, 2.24) is 0 Å². The van der Waals surface area contributed by atoms with Gasteiger partial charge in [0, 0.05) is 0 Å². The molecule has 0 saturated carbocycles. The molecule has 2 radical (unpaired) electrons. The first-order chi connectivity index (χ1) is 8.09. The minimum absolute atomic E-state index is 0.0125. The number of hydrogen-bond acceptors (Lipinski definition) is 0. The van der Waals surface area contributed by atoms with Crippen LogP contribution < -0.4 is 0 Å². The van der Waals surface area contributed by atoms with E-state index in [1.807, 2.05) is 0 Å². The Balaban J connectivity index is 5.34. The van der Waals surface area contributed by atoms with Gasteiger partial charge in [0.2, 0.25) is 0 Å². The Hall–Kier alpha value is 0.0987. The fraction of sp³-hybridized carbons (Fsp3) is 1.00. The molecule has 0 heterocycles. The summed E-state index contributed by atoms with van der Waals surface area (Å²) in [5, 5.41) is 0. The van der Waals surface area contributed by atoms with Gasteiger partial charge in [-0.25, -0.2) is 0 Å². The van der Waals surface area contributed by atoms with Gasteiger partial charge in [0.1, 0.15) is 0 Å². The average molecular weight is 413 g/mol. The zero-order chi connectivity index (χ0) is 15.9. The molecule has 0 fully saturated rings. The quantitative estimate of drug-likeness (QED) is 0.459. The molecule has 0 N–H and O–H groups in total. The van der Waals surface area contributed by atoms with E-state index >= 15 is 0 Å². The first kappa shape index (κ1) is 19.1. The maximum atomic E-state index is 12.9. The van der Waals surface area contributed by atoms with Gasteiger partial charge in [-0.1, -0.05) is 0 Å². The second-order valence-electron chi connectivity index (χ2n) is 3.75. The van der Waals surface area contributed by atoms with E-state index in [0.717, 1.165) is 0 Å². The predicted molar refractivity (Wildman–Crippen MR) is 46.7 cm³/mol. The van der Waals surface area contributed by atoms with E-state index in [2.05, 4.69) is 0 Å². The van der Waals surface area contributed by atoms with Gasteiger partial charge in [-0.05, 0) is 0 Å². The molecule has 0 spiro atoms. The standard InChI is InChI=1S/2C4H4F5.Sn/c2*1-2(5)4(8,9)3(6)7;/h2*2H,1H3;. The number of hydrogen-bond donors (Lipinski definition) is 0. The molecule has 19 heavy (non-hydrogen) atoms. The summed E-state index contributed by atoms with van der Waals surface area (Å²) in [6.07, 6.45) is -7.01. The molecule has 2 unspecified atom stereocenters. The fourth-order valence-corrected chi connectivity index (χ4v) is 4.08. The number of halogens is 10. The summed E-state index contributed by atoms with van der Waals surface area (Å²) in [5.74, 6) is -11.0. The molecule has 0 amide bonds. The monoisotopic (exact) mass is 414 g/mol. The van der Waals surface area contributed by atoms with Gasteiger partial charge < -0.3 is 0 Å². The topological polar surface area (TPSA) is 0 Å². The molecule has 2 atom stereocenters. The van der Waals surface area contributed by atoms with Crippen LogP contribution in [0.15, 0.2) is 0 Å². The Kier molecular flexibility index (Phi) is 5.50. The molecule has 114 valence electrons. The first-order valence-electron chi connectivity index (χ1n) is 4.68. The average Bonchev–Trinajstić information content (AvgIpc) is 2.14. The summed E-state index contributed by atoms with van der Waals surface area (Å²) in [6, 6.07) is 0. The van der Waals surface area contributed by atoms with Gasteiger partial charge in [0.25, 0.3) is 0 Å². The molecule has 0 aliphatic rings. The van der Waals surface area contributed by atoms with Crippen molar-refractivity contribution in [1.29, 1.82) is 0 Å². The van der Waals surface area contributed by atoms with Gasteiger partial charge in [-0.3, -0.25) is 0 Å². The van der Waals surface area contributed by atoms with Gasteiger partial charge in [-0.15, -0.1) is 0 Å². The molecule has 0 aromatic rings. The van der Waals surface area contributed by atoms with Gasteiger partial charge in [0.15, 0.2) is 0 Å². The first-order valence-corrected chi connectivity index (χ1v) is 7.53. The summed E-state index contributed by atoms with van der Waals surface area (Å²) in [6.45, 7) is -0.0250. The third kappa shape index (κ3) is 3.60. The SMILES string of the molecule is CC(F)C(F)(F)[C](F)(F)[Sn][C](F)(F)C(F)(F)C(C)F. The zero-order valence-corrected chi connectivity index (χ0v) is 12.3. The number of alkyl halides is 10. The summed E-state index contributed by atoms with van der Waals surface area (Å²) >= 11 is -5.21. The Bertz CT molecular complexity index is 281. The van der Waals surface area contributed by atoms with E-state index < -0.39 is 53.2 Å². The fourth-order valence-electron chi connectivity index (χ4n) is 0.863. The van der Waals surface area contributed by atoms with E-state index in [1.165, 1.54) is 0 Å². The molecule has 0 aliphatic carbocycles. The molecule has 0 aromatic heterocycles. The summed E-state index contributed by atoms with van der Waals surface area (Å²) in [5.41, 5.74) is 0. The van der Waals surface area contributed by atoms with Crippen LogP contribution in [0.2, 0.25) is 0 Å². The molecule has 0 bridgehead atoms. The van der Waals surface area contributed by atoms with Crippen molar-refractivity contribution in [3.63, 3.8) is 0 Å². The van der Waals surface area contributed by atoms with Crippen LogP contribution in [0.25, 0.3) is 0 Å². The molecule has 0 nitrogen and oxygen atoms in total. The summed E-state index contributed by atoms with van der Waals surface area (Å²) in [4.78, 5) is 0. The Morgan fingerprint density at radius 2 is 0.842 bits per heavy atom. The van der Waals surface area contributed by atoms with Gasteiger partial charge in [-0.2, -0.15) is 0 Å². The van der Waals surface area contributed by atoms with E-state index in [0.29, 0.717) is 0 Å². The predicted octanol–water partition coefficient (Wildman–Crippen LogP) is 3.86. The molecule has 11 heteroatoms. The maximum absolute atomic E-state index is 12.9. The van der Waals surface area contributed by atoms with E-state index in [4.69, 9.17) is 0 Å². The van der Waals surface area contributed by atoms with Crippen molar-refractivity contribution >= 4 is 21.1 Å². The van der Waals surface area contributed by atoms with E-state index in [1.54, 1.807) is 0 Å². The zero-order valence-electron chi connectivity index (χ0n) is 9.43. The normalized spacial score (nSPS) is 18.3. The van der Waals surface area contributed by atoms with Crippen LogP contribution in [-0.4, -0.2) is 53.2 Å². The van der Waals surface area contributed by atoms with Crippen LogP contribution in [0.3, 0.4) is 0 Å². The molecule has 0 saturated heterocycles. The van der Waals surface area contributed by atoms with Crippen LogP contribution in [0.1, 0.15) is 13.8 Å². The van der Waals surface area contributed by atoms with E-state index in [-0.39, 0.29) is 13.8 Å². The summed E-state index contributed by atoms with van der Waals surface area (Å²) in [7, 11) is 0. The Labute approximate surface area is 111 Å². The summed E-state index contributed by atoms with van der Waals surface area (Å²) < 4.78 is 116. The van der Waals surface area contributed by atoms with Crippen molar-refractivity contribution in [2.45, 2.75) is 45.9 Å². The third-order valence-corrected chi connectivity index (χ3v) is 5.85. The Morgan fingerprint density at radius 1 is 0.632 bits per heavy atom. The van der Waals surface area contributed by atoms with Crippen LogP contribution in [0.4, 0.5) is 43.9 Å². The number of rotatable bonds is 6. The van der Waals surface area contributed by atoms with Gasteiger partial charge >= 0.3 is 111 Å². The molecular formula is C8H8F10Sn. The van der Waals surface area contributed by atoms with Crippen molar-refractivity contribution < 1.29 is 43.9 Å². The van der Waals surface area contributed by atoms with Crippen molar-refractivity contribution in [3.05, 3.63) is 0 Å². The van der Waals surface area contributed by atoms with Crippen LogP contribution >= 0.6 is 0 Å². The van der Waals surface area contributed by atoms with Crippen LogP contribution in [-0.2, 0) is 0 Å².